The highest BCUT2D eigenvalue weighted by atomic mass is 16.1. The Labute approximate surface area is 207 Å². The molecule has 8 heteroatoms. The lowest BCUT2D eigenvalue weighted by molar-refractivity contribution is 0.102. The van der Waals surface area contributed by atoms with Crippen LogP contribution in [-0.2, 0) is 0 Å². The van der Waals surface area contributed by atoms with Gasteiger partial charge in [-0.3, -0.25) is 4.79 Å². The molecule has 176 valence electrons. The molecule has 0 fully saturated rings. The fourth-order valence-electron chi connectivity index (χ4n) is 4.49. The second-order valence-electron chi connectivity index (χ2n) is 8.88. The van der Waals surface area contributed by atoms with Crippen molar-refractivity contribution < 1.29 is 4.79 Å². The summed E-state index contributed by atoms with van der Waals surface area (Å²) in [5.74, 6) is 0.834. The maximum atomic E-state index is 13.2. The van der Waals surface area contributed by atoms with Gasteiger partial charge in [-0.2, -0.15) is 14.9 Å². The summed E-state index contributed by atoms with van der Waals surface area (Å²) in [6.45, 7) is 5.99. The Bertz CT molecular complexity index is 1780. The molecule has 1 N–H and O–H groups in total. The maximum absolute atomic E-state index is 13.2. The zero-order valence-corrected chi connectivity index (χ0v) is 20.1. The van der Waals surface area contributed by atoms with E-state index in [1.54, 1.807) is 15.6 Å². The molecule has 3 heterocycles. The lowest BCUT2D eigenvalue weighted by atomic mass is 10.1. The van der Waals surface area contributed by atoms with E-state index in [0.717, 1.165) is 33.1 Å². The van der Waals surface area contributed by atoms with Gasteiger partial charge in [-0.25, -0.2) is 14.6 Å². The minimum Gasteiger partial charge on any atom is -0.306 e. The van der Waals surface area contributed by atoms with E-state index in [-0.39, 0.29) is 5.91 Å². The molecule has 0 saturated heterocycles. The number of rotatable bonds is 4. The molecular formula is C28H23N7O. The van der Waals surface area contributed by atoms with Crippen molar-refractivity contribution in [3.63, 3.8) is 0 Å². The van der Waals surface area contributed by atoms with Crippen LogP contribution in [0.5, 0.6) is 0 Å². The molecule has 0 aliphatic rings. The number of carbonyl (C=O) groups is 1. The first-order chi connectivity index (χ1) is 17.5. The fourth-order valence-corrected chi connectivity index (χ4v) is 4.49. The first kappa shape index (κ1) is 21.7. The summed E-state index contributed by atoms with van der Waals surface area (Å²) in [7, 11) is 0. The van der Waals surface area contributed by atoms with Gasteiger partial charge >= 0.3 is 0 Å². The summed E-state index contributed by atoms with van der Waals surface area (Å²) < 4.78 is 3.44. The number of nitrogens with one attached hydrogen (secondary N) is 1. The van der Waals surface area contributed by atoms with Crippen LogP contribution < -0.4 is 5.32 Å². The number of amides is 1. The first-order valence-corrected chi connectivity index (χ1v) is 11.6. The van der Waals surface area contributed by atoms with Crippen LogP contribution in [0.3, 0.4) is 0 Å². The van der Waals surface area contributed by atoms with E-state index >= 15 is 0 Å². The number of aromatic nitrogens is 6. The van der Waals surface area contributed by atoms with Crippen LogP contribution in [0.4, 0.5) is 5.82 Å². The molecule has 0 bridgehead atoms. The third kappa shape index (κ3) is 3.69. The van der Waals surface area contributed by atoms with Crippen LogP contribution in [0, 0.1) is 20.8 Å². The highest BCUT2D eigenvalue weighted by Gasteiger charge is 2.19. The van der Waals surface area contributed by atoms with Gasteiger partial charge in [0.15, 0.2) is 11.5 Å². The number of hydrogen-bond donors (Lipinski definition) is 1. The Hall–Kier alpha value is -4.85. The predicted octanol–water partition coefficient (Wildman–Crippen LogP) is 5.33. The van der Waals surface area contributed by atoms with Crippen LogP contribution in [-0.4, -0.2) is 35.4 Å². The molecule has 0 unspecified atom stereocenters. The lowest BCUT2D eigenvalue weighted by Crippen LogP contribution is -2.15. The Kier molecular flexibility index (Phi) is 5.07. The summed E-state index contributed by atoms with van der Waals surface area (Å²) in [6, 6.07) is 21.6. The molecule has 0 aliphatic heterocycles. The quantitative estimate of drug-likeness (QED) is 0.374. The zero-order valence-electron chi connectivity index (χ0n) is 20.1. The maximum Gasteiger partial charge on any atom is 0.256 e. The van der Waals surface area contributed by atoms with E-state index in [9.17, 15) is 4.79 Å². The van der Waals surface area contributed by atoms with Gasteiger partial charge in [-0.15, -0.1) is 0 Å². The van der Waals surface area contributed by atoms with E-state index in [1.807, 2.05) is 61.5 Å². The molecular weight excluding hydrogens is 450 g/mol. The van der Waals surface area contributed by atoms with E-state index in [1.165, 1.54) is 11.9 Å². The molecule has 1 amide bonds. The molecule has 0 radical (unpaired) electrons. The van der Waals surface area contributed by atoms with Crippen LogP contribution in [0.1, 0.15) is 27.2 Å². The smallest absolute Gasteiger partial charge is 0.256 e. The Balaban J connectivity index is 1.40. The summed E-state index contributed by atoms with van der Waals surface area (Å²) in [4.78, 5) is 22.2. The first-order valence-electron chi connectivity index (χ1n) is 11.6. The van der Waals surface area contributed by atoms with Crippen molar-refractivity contribution in [1.29, 1.82) is 0 Å². The van der Waals surface area contributed by atoms with Gasteiger partial charge in [0.25, 0.3) is 5.91 Å². The second-order valence-corrected chi connectivity index (χ2v) is 8.88. The Morgan fingerprint density at radius 2 is 1.69 bits per heavy atom. The number of hydrogen-bond acceptors (Lipinski definition) is 5. The second kappa shape index (κ2) is 8.42. The number of carbonyl (C=O) groups excluding carboxylic acids is 1. The van der Waals surface area contributed by atoms with Crippen LogP contribution in [0.15, 0.2) is 79.3 Å². The van der Waals surface area contributed by atoms with Crippen LogP contribution in [0.25, 0.3) is 33.3 Å². The van der Waals surface area contributed by atoms with E-state index in [2.05, 4.69) is 51.5 Å². The highest BCUT2D eigenvalue weighted by Crippen LogP contribution is 2.26. The van der Waals surface area contributed by atoms with Crippen molar-refractivity contribution in [3.05, 3.63) is 102 Å². The molecule has 6 aromatic rings. The molecule has 0 aliphatic carbocycles. The summed E-state index contributed by atoms with van der Waals surface area (Å²) in [6.07, 6.45) is 3.22. The average Bonchev–Trinajstić information content (AvgIpc) is 3.47. The average molecular weight is 474 g/mol. The molecule has 3 aromatic carbocycles. The topological polar surface area (TPSA) is 90.5 Å². The normalized spacial score (nSPS) is 11.3. The van der Waals surface area contributed by atoms with E-state index in [4.69, 9.17) is 0 Å². The monoisotopic (exact) mass is 473 g/mol. The number of nitrogens with zero attached hydrogens (tertiary/aromatic N) is 6. The molecule has 8 nitrogen and oxygen atoms in total. The van der Waals surface area contributed by atoms with Crippen molar-refractivity contribution in [1.82, 2.24) is 29.5 Å². The Morgan fingerprint density at radius 1 is 0.861 bits per heavy atom. The van der Waals surface area contributed by atoms with Gasteiger partial charge in [0.05, 0.1) is 23.0 Å². The lowest BCUT2D eigenvalue weighted by Gasteiger charge is -2.10. The molecule has 36 heavy (non-hydrogen) atoms. The van der Waals surface area contributed by atoms with Gasteiger partial charge in [0.2, 0.25) is 0 Å². The highest BCUT2D eigenvalue weighted by molar-refractivity contribution is 6.06. The molecule has 0 saturated carbocycles. The standard InChI is InChI=1S/C28H23N7O/c1-17-8-11-24(18(2)12-17)34-26-23(15-31-34)27(30-16-29-26)35-25(13-19(3)33-35)32-28(36)22-10-9-20-6-4-5-7-21(20)14-22/h4-16H,1-3H3,(H,32,36). The van der Waals surface area contributed by atoms with Gasteiger partial charge < -0.3 is 5.32 Å². The number of benzene rings is 3. The van der Waals surface area contributed by atoms with Crippen LogP contribution >= 0.6 is 0 Å². The number of fused-ring (bicyclic) bond motifs is 2. The van der Waals surface area contributed by atoms with Gasteiger partial charge in [0.1, 0.15) is 12.1 Å². The molecule has 6 rings (SSSR count). The molecule has 0 atom stereocenters. The van der Waals surface area contributed by atoms with Crippen molar-refractivity contribution in [2.45, 2.75) is 20.8 Å². The Morgan fingerprint density at radius 3 is 2.53 bits per heavy atom. The van der Waals surface area contributed by atoms with Gasteiger partial charge in [-0.1, -0.05) is 48.0 Å². The SMILES string of the molecule is Cc1ccc(-n2ncc3c(-n4nc(C)cc4NC(=O)c4ccc5ccccc5c4)ncnc32)c(C)c1. The number of anilines is 1. The summed E-state index contributed by atoms with van der Waals surface area (Å²) in [5, 5.41) is 15.0. The third-order valence-corrected chi connectivity index (χ3v) is 6.21. The minimum atomic E-state index is -0.224. The van der Waals surface area contributed by atoms with E-state index < -0.39 is 0 Å². The molecule has 3 aromatic heterocycles. The minimum absolute atomic E-state index is 0.224. The van der Waals surface area contributed by atoms with Crippen molar-refractivity contribution in [2.75, 3.05) is 5.32 Å². The summed E-state index contributed by atoms with van der Waals surface area (Å²) in [5.41, 5.74) is 5.20. The van der Waals surface area contributed by atoms with Gasteiger partial charge in [0, 0.05) is 11.6 Å². The largest absolute Gasteiger partial charge is 0.306 e. The number of aryl methyl sites for hydroxylation is 3. The predicted molar refractivity (Wildman–Crippen MR) is 140 cm³/mol. The van der Waals surface area contributed by atoms with Crippen molar-refractivity contribution in [3.8, 4) is 11.5 Å². The summed E-state index contributed by atoms with van der Waals surface area (Å²) >= 11 is 0. The van der Waals surface area contributed by atoms with Crippen LogP contribution in [0.2, 0.25) is 0 Å². The van der Waals surface area contributed by atoms with Gasteiger partial charge in [-0.05, 0) is 55.3 Å². The zero-order chi connectivity index (χ0) is 24.8. The molecule has 0 spiro atoms. The van der Waals surface area contributed by atoms with Crippen molar-refractivity contribution >= 4 is 33.5 Å². The van der Waals surface area contributed by atoms with Crippen molar-refractivity contribution in [2.24, 2.45) is 0 Å². The fraction of sp³-hybridized carbons (Fsp3) is 0.107. The third-order valence-electron chi connectivity index (χ3n) is 6.21. The van der Waals surface area contributed by atoms with E-state index in [0.29, 0.717) is 22.8 Å².